The summed E-state index contributed by atoms with van der Waals surface area (Å²) in [4.78, 5) is 25.6. The molecule has 3 aromatic rings. The highest BCUT2D eigenvalue weighted by Gasteiger charge is 2.06. The number of carbonyl (C=O) groups is 1. The lowest BCUT2D eigenvalue weighted by atomic mass is 10.2. The summed E-state index contributed by atoms with van der Waals surface area (Å²) in [7, 11) is 0. The molecule has 19 heavy (non-hydrogen) atoms. The molecular formula is C13H10N4O2. The summed E-state index contributed by atoms with van der Waals surface area (Å²) in [6.45, 7) is 0. The number of H-pyrrole nitrogens is 1. The number of nitrogens with zero attached hydrogens (tertiary/aromatic N) is 2. The van der Waals surface area contributed by atoms with Crippen LogP contribution in [0.15, 0.2) is 53.7 Å². The molecule has 2 N–H and O–H groups in total. The lowest BCUT2D eigenvalue weighted by Gasteiger charge is -2.05. The molecule has 0 aliphatic heterocycles. The summed E-state index contributed by atoms with van der Waals surface area (Å²) in [5.74, 6) is -0.324. The third-order valence-corrected chi connectivity index (χ3v) is 2.69. The fraction of sp³-hybridized carbons (Fsp3) is 0. The van der Waals surface area contributed by atoms with Gasteiger partial charge in [0.05, 0.1) is 5.52 Å². The number of carbonyl (C=O) groups excluding carboxylic acids is 1. The van der Waals surface area contributed by atoms with E-state index in [1.54, 1.807) is 35.1 Å². The van der Waals surface area contributed by atoms with E-state index >= 15 is 0 Å². The van der Waals surface area contributed by atoms with Gasteiger partial charge in [0.1, 0.15) is 0 Å². The molecule has 0 unspecified atom stereocenters. The fourth-order valence-corrected chi connectivity index (χ4v) is 1.79. The van der Waals surface area contributed by atoms with Gasteiger partial charge in [-0.25, -0.2) is 4.52 Å². The first-order valence-corrected chi connectivity index (χ1v) is 5.66. The van der Waals surface area contributed by atoms with Crippen molar-refractivity contribution in [3.63, 3.8) is 0 Å². The first kappa shape index (κ1) is 11.2. The van der Waals surface area contributed by atoms with Gasteiger partial charge in [0.15, 0.2) is 0 Å². The van der Waals surface area contributed by atoms with Gasteiger partial charge in [-0.2, -0.15) is 5.10 Å². The highest BCUT2D eigenvalue weighted by molar-refractivity contribution is 6.04. The summed E-state index contributed by atoms with van der Waals surface area (Å²) < 4.78 is 1.70. The van der Waals surface area contributed by atoms with Crippen LogP contribution in [0, 0.1) is 0 Å². The summed E-state index contributed by atoms with van der Waals surface area (Å²) in [5, 5.41) is 6.80. The van der Waals surface area contributed by atoms with Crippen LogP contribution in [0.1, 0.15) is 10.4 Å². The van der Waals surface area contributed by atoms with Gasteiger partial charge < -0.3 is 10.3 Å². The van der Waals surface area contributed by atoms with Crippen LogP contribution in [0.4, 0.5) is 5.69 Å². The predicted molar refractivity (Wildman–Crippen MR) is 70.2 cm³/mol. The van der Waals surface area contributed by atoms with Crippen molar-refractivity contribution in [1.82, 2.24) is 14.6 Å². The van der Waals surface area contributed by atoms with Crippen LogP contribution in [-0.2, 0) is 0 Å². The Morgan fingerprint density at radius 3 is 3.00 bits per heavy atom. The van der Waals surface area contributed by atoms with Gasteiger partial charge in [-0.15, -0.1) is 0 Å². The minimum atomic E-state index is -0.324. The predicted octanol–water partition coefficient (Wildman–Crippen LogP) is 1.27. The minimum Gasteiger partial charge on any atom is -0.329 e. The second-order valence-electron chi connectivity index (χ2n) is 4.01. The number of fused-ring (bicyclic) bond motifs is 1. The largest absolute Gasteiger partial charge is 0.329 e. The topological polar surface area (TPSA) is 79.3 Å². The maximum absolute atomic E-state index is 12.0. The number of pyridine rings is 2. The quantitative estimate of drug-likeness (QED) is 0.722. The number of anilines is 1. The second kappa shape index (κ2) is 4.41. The molecule has 6 nitrogen and oxygen atoms in total. The van der Waals surface area contributed by atoms with Crippen molar-refractivity contribution in [2.75, 3.05) is 5.32 Å². The molecule has 0 saturated heterocycles. The molecule has 94 valence electrons. The Morgan fingerprint density at radius 1 is 1.26 bits per heavy atom. The number of amides is 1. The Balaban J connectivity index is 1.88. The van der Waals surface area contributed by atoms with E-state index < -0.39 is 0 Å². The number of nitrogens with one attached hydrogen (secondary N) is 2. The standard InChI is InChI=1S/C13H10N4O2/c18-12-7-9(1-4-14-12)13(19)16-10-3-6-17-11(8-10)2-5-15-17/h1-8H,(H,14,18)(H,16,19). The number of aromatic amines is 1. The lowest BCUT2D eigenvalue weighted by Crippen LogP contribution is -2.15. The Bertz CT molecular complexity index is 803. The van der Waals surface area contributed by atoms with Gasteiger partial charge in [-0.1, -0.05) is 0 Å². The molecule has 0 aliphatic carbocycles. The molecule has 3 heterocycles. The third kappa shape index (κ3) is 2.23. The first-order valence-electron chi connectivity index (χ1n) is 5.66. The van der Waals surface area contributed by atoms with Gasteiger partial charge in [-0.3, -0.25) is 9.59 Å². The summed E-state index contributed by atoms with van der Waals surface area (Å²) in [5.41, 5.74) is 1.54. The van der Waals surface area contributed by atoms with Gasteiger partial charge in [0, 0.05) is 35.9 Å². The average Bonchev–Trinajstić information content (AvgIpc) is 2.86. The zero-order valence-corrected chi connectivity index (χ0v) is 9.83. The molecule has 0 aliphatic rings. The van der Waals surface area contributed by atoms with Crippen LogP contribution >= 0.6 is 0 Å². The van der Waals surface area contributed by atoms with Crippen LogP contribution < -0.4 is 10.9 Å². The lowest BCUT2D eigenvalue weighted by molar-refractivity contribution is 0.102. The summed E-state index contributed by atoms with van der Waals surface area (Å²) in [6, 6.07) is 8.19. The second-order valence-corrected chi connectivity index (χ2v) is 4.01. The molecule has 1 amide bonds. The van der Waals surface area contributed by atoms with Gasteiger partial charge in [0.2, 0.25) is 5.56 Å². The van der Waals surface area contributed by atoms with E-state index in [4.69, 9.17) is 0 Å². The van der Waals surface area contributed by atoms with E-state index in [-0.39, 0.29) is 11.5 Å². The molecule has 0 radical (unpaired) electrons. The van der Waals surface area contributed by atoms with Crippen molar-refractivity contribution in [1.29, 1.82) is 0 Å². The number of hydrogen-bond donors (Lipinski definition) is 2. The Kier molecular flexibility index (Phi) is 2.60. The van der Waals surface area contributed by atoms with Crippen LogP contribution in [-0.4, -0.2) is 20.5 Å². The molecule has 6 heteroatoms. The van der Waals surface area contributed by atoms with E-state index in [9.17, 15) is 9.59 Å². The zero-order valence-electron chi connectivity index (χ0n) is 9.83. The van der Waals surface area contributed by atoms with Crippen molar-refractivity contribution in [2.45, 2.75) is 0 Å². The average molecular weight is 254 g/mol. The van der Waals surface area contributed by atoms with Crippen LogP contribution in [0.5, 0.6) is 0 Å². The molecule has 0 aromatic carbocycles. The van der Waals surface area contributed by atoms with Gasteiger partial charge >= 0.3 is 0 Å². The zero-order chi connectivity index (χ0) is 13.2. The normalized spacial score (nSPS) is 10.5. The van der Waals surface area contributed by atoms with Crippen LogP contribution in [0.3, 0.4) is 0 Å². The van der Waals surface area contributed by atoms with Crippen molar-refractivity contribution >= 4 is 17.1 Å². The highest BCUT2D eigenvalue weighted by Crippen LogP contribution is 2.12. The third-order valence-electron chi connectivity index (χ3n) is 2.69. The smallest absolute Gasteiger partial charge is 0.255 e. The van der Waals surface area contributed by atoms with Crippen molar-refractivity contribution in [3.8, 4) is 0 Å². The van der Waals surface area contributed by atoms with Crippen molar-refractivity contribution < 1.29 is 4.79 Å². The minimum absolute atomic E-state index is 0.307. The van der Waals surface area contributed by atoms with E-state index in [1.165, 1.54) is 12.3 Å². The Hall–Kier alpha value is -2.89. The molecule has 0 spiro atoms. The van der Waals surface area contributed by atoms with Crippen LogP contribution in [0.2, 0.25) is 0 Å². The van der Waals surface area contributed by atoms with Crippen molar-refractivity contribution in [2.24, 2.45) is 0 Å². The number of aromatic nitrogens is 3. The van der Waals surface area contributed by atoms with E-state index in [0.717, 1.165) is 5.52 Å². The Morgan fingerprint density at radius 2 is 2.16 bits per heavy atom. The number of hydrogen-bond acceptors (Lipinski definition) is 3. The fourth-order valence-electron chi connectivity index (χ4n) is 1.79. The van der Waals surface area contributed by atoms with Crippen molar-refractivity contribution in [3.05, 3.63) is 64.8 Å². The maximum atomic E-state index is 12.0. The molecule has 3 rings (SSSR count). The molecule has 0 atom stereocenters. The molecule has 3 aromatic heterocycles. The maximum Gasteiger partial charge on any atom is 0.255 e. The summed E-state index contributed by atoms with van der Waals surface area (Å²) in [6.07, 6.45) is 4.87. The first-order chi connectivity index (χ1) is 9.22. The number of rotatable bonds is 2. The van der Waals surface area contributed by atoms with E-state index in [0.29, 0.717) is 11.3 Å². The molecule has 0 saturated carbocycles. The van der Waals surface area contributed by atoms with E-state index in [1.807, 2.05) is 6.07 Å². The van der Waals surface area contributed by atoms with Crippen LogP contribution in [0.25, 0.3) is 5.52 Å². The molecular weight excluding hydrogens is 244 g/mol. The Labute approximate surface area is 107 Å². The van der Waals surface area contributed by atoms with Gasteiger partial charge in [-0.05, 0) is 24.3 Å². The SMILES string of the molecule is O=C(Nc1ccn2nccc2c1)c1cc[nH]c(=O)c1. The molecule has 0 fully saturated rings. The summed E-state index contributed by atoms with van der Waals surface area (Å²) >= 11 is 0. The van der Waals surface area contributed by atoms with E-state index in [2.05, 4.69) is 15.4 Å². The molecule has 0 bridgehead atoms. The van der Waals surface area contributed by atoms with Gasteiger partial charge in [0.25, 0.3) is 5.91 Å². The highest BCUT2D eigenvalue weighted by atomic mass is 16.2. The monoisotopic (exact) mass is 254 g/mol.